The predicted molar refractivity (Wildman–Crippen MR) is 115 cm³/mol. The summed E-state index contributed by atoms with van der Waals surface area (Å²) < 4.78 is 6.43. The van der Waals surface area contributed by atoms with Gasteiger partial charge in [0.1, 0.15) is 5.60 Å². The van der Waals surface area contributed by atoms with Crippen LogP contribution in [-0.2, 0) is 14.9 Å². The van der Waals surface area contributed by atoms with Crippen molar-refractivity contribution in [2.24, 2.45) is 5.92 Å². The summed E-state index contributed by atoms with van der Waals surface area (Å²) in [5.41, 5.74) is -0.0203. The van der Waals surface area contributed by atoms with E-state index in [0.29, 0.717) is 12.5 Å². The molecule has 0 saturated carbocycles. The monoisotopic (exact) mass is 452 g/mol. The normalized spacial score (nSPS) is 16.0. The Labute approximate surface area is 177 Å². The van der Waals surface area contributed by atoms with Crippen molar-refractivity contribution in [2.45, 2.75) is 58.5 Å². The molecular formula is C22H33BrN2O3. The number of likely N-dealkylation sites (tertiary alicyclic amines) is 1. The SMILES string of the molecule is CN(CC1CCN(C(=O)C(C)(C)c2ccc(Br)cc2)CC1)C(=O)OC(C)(C)C. The zero-order chi connectivity index (χ0) is 21.1. The molecule has 0 spiro atoms. The summed E-state index contributed by atoms with van der Waals surface area (Å²) in [4.78, 5) is 28.9. The Hall–Kier alpha value is -1.56. The molecule has 0 radical (unpaired) electrons. The molecule has 6 heteroatoms. The standard InChI is InChI=1S/C22H33BrN2O3/c1-21(2,3)28-20(27)24(6)15-16-11-13-25(14-12-16)19(26)22(4,5)17-7-9-18(23)10-8-17/h7-10,16H,11-15H2,1-6H3. The van der Waals surface area contributed by atoms with Gasteiger partial charge in [0.15, 0.2) is 0 Å². The third kappa shape index (κ3) is 5.97. The van der Waals surface area contributed by atoms with Crippen LogP contribution in [0.1, 0.15) is 53.0 Å². The summed E-state index contributed by atoms with van der Waals surface area (Å²) in [6.07, 6.45) is 1.51. The Bertz CT molecular complexity index is 687. The van der Waals surface area contributed by atoms with Gasteiger partial charge in [0.05, 0.1) is 5.41 Å². The summed E-state index contributed by atoms with van der Waals surface area (Å²) in [7, 11) is 1.78. The summed E-state index contributed by atoms with van der Waals surface area (Å²) in [5, 5.41) is 0. The number of nitrogens with zero attached hydrogens (tertiary/aromatic N) is 2. The molecule has 0 aromatic heterocycles. The van der Waals surface area contributed by atoms with E-state index in [1.54, 1.807) is 11.9 Å². The first-order valence-corrected chi connectivity index (χ1v) is 10.7. The molecule has 5 nitrogen and oxygen atoms in total. The van der Waals surface area contributed by atoms with E-state index in [4.69, 9.17) is 4.74 Å². The highest BCUT2D eigenvalue weighted by molar-refractivity contribution is 9.10. The second-order valence-corrected chi connectivity index (χ2v) is 10.1. The van der Waals surface area contributed by atoms with Gasteiger partial charge in [-0.3, -0.25) is 4.79 Å². The van der Waals surface area contributed by atoms with Crippen LogP contribution in [-0.4, -0.2) is 54.1 Å². The zero-order valence-electron chi connectivity index (χ0n) is 17.9. The Morgan fingerprint density at radius 2 is 1.64 bits per heavy atom. The average molecular weight is 453 g/mol. The molecule has 1 aromatic carbocycles. The fourth-order valence-corrected chi connectivity index (χ4v) is 3.77. The van der Waals surface area contributed by atoms with E-state index >= 15 is 0 Å². The molecule has 1 heterocycles. The summed E-state index contributed by atoms with van der Waals surface area (Å²) in [6, 6.07) is 7.96. The molecule has 1 saturated heterocycles. The molecular weight excluding hydrogens is 420 g/mol. The molecule has 1 aliphatic heterocycles. The minimum absolute atomic E-state index is 0.161. The first-order valence-electron chi connectivity index (χ1n) is 9.89. The summed E-state index contributed by atoms with van der Waals surface area (Å²) in [6.45, 7) is 11.7. The van der Waals surface area contributed by atoms with Crippen LogP contribution in [0.15, 0.2) is 28.7 Å². The minimum Gasteiger partial charge on any atom is -0.444 e. The van der Waals surface area contributed by atoms with Crippen LogP contribution in [0.2, 0.25) is 0 Å². The number of hydrogen-bond donors (Lipinski definition) is 0. The van der Waals surface area contributed by atoms with Gasteiger partial charge in [-0.15, -0.1) is 0 Å². The van der Waals surface area contributed by atoms with Crippen LogP contribution in [0.25, 0.3) is 0 Å². The van der Waals surface area contributed by atoms with Gasteiger partial charge in [0.25, 0.3) is 0 Å². The number of halogens is 1. The van der Waals surface area contributed by atoms with E-state index < -0.39 is 11.0 Å². The number of carbonyl (C=O) groups excluding carboxylic acids is 2. The molecule has 0 bridgehead atoms. The second-order valence-electron chi connectivity index (χ2n) is 9.23. The third-order valence-electron chi connectivity index (χ3n) is 5.24. The lowest BCUT2D eigenvalue weighted by molar-refractivity contribution is -0.137. The Balaban J connectivity index is 1.89. The molecule has 1 aromatic rings. The second kappa shape index (κ2) is 8.85. The highest BCUT2D eigenvalue weighted by Gasteiger charge is 2.35. The number of hydrogen-bond acceptors (Lipinski definition) is 3. The maximum absolute atomic E-state index is 13.1. The van der Waals surface area contributed by atoms with Gasteiger partial charge >= 0.3 is 6.09 Å². The average Bonchev–Trinajstić information content (AvgIpc) is 2.60. The van der Waals surface area contributed by atoms with E-state index in [1.807, 2.05) is 63.8 Å². The number of ether oxygens (including phenoxy) is 1. The fourth-order valence-electron chi connectivity index (χ4n) is 3.51. The first kappa shape index (κ1) is 22.7. The van der Waals surface area contributed by atoms with Gasteiger partial charge in [-0.05, 0) is 71.1 Å². The summed E-state index contributed by atoms with van der Waals surface area (Å²) in [5.74, 6) is 0.547. The van der Waals surface area contributed by atoms with Crippen molar-refractivity contribution in [3.05, 3.63) is 34.3 Å². The van der Waals surface area contributed by atoms with E-state index in [2.05, 4.69) is 15.9 Å². The highest BCUT2D eigenvalue weighted by Crippen LogP contribution is 2.29. The van der Waals surface area contributed by atoms with Gasteiger partial charge in [-0.25, -0.2) is 4.79 Å². The smallest absolute Gasteiger partial charge is 0.410 e. The molecule has 0 N–H and O–H groups in total. The van der Waals surface area contributed by atoms with E-state index in [0.717, 1.165) is 36.0 Å². The number of piperidine rings is 1. The lowest BCUT2D eigenvalue weighted by Crippen LogP contribution is -2.48. The van der Waals surface area contributed by atoms with Crippen LogP contribution in [0.5, 0.6) is 0 Å². The van der Waals surface area contributed by atoms with Crippen molar-refractivity contribution in [2.75, 3.05) is 26.7 Å². The zero-order valence-corrected chi connectivity index (χ0v) is 19.5. The molecule has 0 aliphatic carbocycles. The largest absolute Gasteiger partial charge is 0.444 e. The van der Waals surface area contributed by atoms with Crippen molar-refractivity contribution in [1.29, 1.82) is 0 Å². The highest BCUT2D eigenvalue weighted by atomic mass is 79.9. The van der Waals surface area contributed by atoms with Crippen LogP contribution >= 0.6 is 15.9 Å². The van der Waals surface area contributed by atoms with Crippen LogP contribution in [0.4, 0.5) is 4.79 Å². The van der Waals surface area contributed by atoms with E-state index in [-0.39, 0.29) is 12.0 Å². The number of rotatable bonds is 4. The molecule has 0 atom stereocenters. The van der Waals surface area contributed by atoms with Gasteiger partial charge in [0, 0.05) is 31.2 Å². The summed E-state index contributed by atoms with van der Waals surface area (Å²) >= 11 is 3.45. The van der Waals surface area contributed by atoms with E-state index in [9.17, 15) is 9.59 Å². The Morgan fingerprint density at radius 1 is 1.11 bits per heavy atom. The molecule has 1 fully saturated rings. The number of amides is 2. The van der Waals surface area contributed by atoms with Gasteiger partial charge < -0.3 is 14.5 Å². The maximum atomic E-state index is 13.1. The molecule has 0 unspecified atom stereocenters. The molecule has 2 rings (SSSR count). The molecule has 2 amide bonds. The minimum atomic E-state index is -0.555. The lowest BCUT2D eigenvalue weighted by Gasteiger charge is -2.38. The maximum Gasteiger partial charge on any atom is 0.410 e. The van der Waals surface area contributed by atoms with Crippen molar-refractivity contribution in [3.8, 4) is 0 Å². The number of benzene rings is 1. The number of carbonyl (C=O) groups is 2. The van der Waals surface area contributed by atoms with Crippen molar-refractivity contribution in [3.63, 3.8) is 0 Å². The molecule has 1 aliphatic rings. The van der Waals surface area contributed by atoms with Crippen molar-refractivity contribution < 1.29 is 14.3 Å². The van der Waals surface area contributed by atoms with E-state index in [1.165, 1.54) is 0 Å². The quantitative estimate of drug-likeness (QED) is 0.656. The Kier molecular flexibility index (Phi) is 7.18. The van der Waals surface area contributed by atoms with Gasteiger partial charge in [-0.2, -0.15) is 0 Å². The van der Waals surface area contributed by atoms with Gasteiger partial charge in [0.2, 0.25) is 5.91 Å². The predicted octanol–water partition coefficient (Wildman–Crippen LogP) is 4.83. The Morgan fingerprint density at radius 3 is 2.14 bits per heavy atom. The third-order valence-corrected chi connectivity index (χ3v) is 5.77. The van der Waals surface area contributed by atoms with Crippen LogP contribution in [0, 0.1) is 5.92 Å². The lowest BCUT2D eigenvalue weighted by atomic mass is 9.82. The van der Waals surface area contributed by atoms with Crippen molar-refractivity contribution in [1.82, 2.24) is 9.80 Å². The molecule has 28 heavy (non-hydrogen) atoms. The first-order chi connectivity index (χ1) is 12.9. The van der Waals surface area contributed by atoms with Crippen LogP contribution < -0.4 is 0 Å². The molecule has 156 valence electrons. The fraction of sp³-hybridized carbons (Fsp3) is 0.636. The van der Waals surface area contributed by atoms with Crippen LogP contribution in [0.3, 0.4) is 0 Å². The van der Waals surface area contributed by atoms with Gasteiger partial charge in [-0.1, -0.05) is 28.1 Å². The van der Waals surface area contributed by atoms with Crippen molar-refractivity contribution >= 4 is 27.9 Å². The topological polar surface area (TPSA) is 49.9 Å².